The molecule has 3 aromatic rings. The molecule has 0 nitrogen and oxygen atoms in total. The van der Waals surface area contributed by atoms with Crippen LogP contribution in [0.15, 0.2) is 72.8 Å². The van der Waals surface area contributed by atoms with E-state index in [4.69, 9.17) is 0 Å². The molecular weight excluding hydrogens is 319 g/mol. The van der Waals surface area contributed by atoms with Crippen LogP contribution in [0.2, 0.25) is 0 Å². The summed E-state index contributed by atoms with van der Waals surface area (Å²) >= 11 is 0. The lowest BCUT2D eigenvalue weighted by Crippen LogP contribution is -2.21. The lowest BCUT2D eigenvalue weighted by Gasteiger charge is -2.20. The van der Waals surface area contributed by atoms with E-state index in [-0.39, 0.29) is 12.4 Å². The summed E-state index contributed by atoms with van der Waals surface area (Å²) in [6.45, 7) is 6.51. The van der Waals surface area contributed by atoms with Gasteiger partial charge in [0.2, 0.25) is 0 Å². The second kappa shape index (κ2) is 7.77. The molecule has 0 amide bonds. The molecule has 0 heterocycles. The Balaban J connectivity index is 0.00000192. The number of rotatable bonds is 3. The largest absolute Gasteiger partial charge is 0.147 e. The normalized spacial score (nSPS) is 10.4. The zero-order valence-corrected chi connectivity index (χ0v) is 15.5. The van der Waals surface area contributed by atoms with Crippen LogP contribution in [-0.2, 0) is 0 Å². The van der Waals surface area contributed by atoms with E-state index in [1.807, 2.05) is 0 Å². The third-order valence-corrected chi connectivity index (χ3v) is 6.16. The molecule has 0 atom stereocenters. The second-order valence-corrected chi connectivity index (χ2v) is 8.07. The summed E-state index contributed by atoms with van der Waals surface area (Å²) in [4.78, 5) is 0. The van der Waals surface area contributed by atoms with Crippen LogP contribution < -0.4 is 15.9 Å². The highest BCUT2D eigenvalue weighted by Crippen LogP contribution is 2.33. The second-order valence-electron chi connectivity index (χ2n) is 5.85. The van der Waals surface area contributed by atoms with E-state index in [1.165, 1.54) is 32.6 Å². The van der Waals surface area contributed by atoms with Crippen LogP contribution in [0, 0.1) is 20.8 Å². The van der Waals surface area contributed by atoms with Gasteiger partial charge in [0.15, 0.2) is 0 Å². The van der Waals surface area contributed by atoms with Crippen LogP contribution >= 0.6 is 20.3 Å². The van der Waals surface area contributed by atoms with Crippen molar-refractivity contribution in [2.75, 3.05) is 0 Å². The van der Waals surface area contributed by atoms with E-state index in [9.17, 15) is 0 Å². The Kier molecular flexibility index (Phi) is 5.99. The summed E-state index contributed by atoms with van der Waals surface area (Å²) in [5, 5.41) is 4.27. The number of hydrogen-bond acceptors (Lipinski definition) is 0. The van der Waals surface area contributed by atoms with Gasteiger partial charge in [-0.1, -0.05) is 89.5 Å². The molecular formula is C21H22ClP. The van der Waals surface area contributed by atoms with Crippen molar-refractivity contribution in [3.8, 4) is 0 Å². The summed E-state index contributed by atoms with van der Waals surface area (Å²) in [5.74, 6) is 0. The van der Waals surface area contributed by atoms with Crippen molar-refractivity contribution in [1.82, 2.24) is 0 Å². The van der Waals surface area contributed by atoms with Crippen molar-refractivity contribution in [2.45, 2.75) is 20.8 Å². The van der Waals surface area contributed by atoms with Crippen molar-refractivity contribution in [2.24, 2.45) is 0 Å². The minimum atomic E-state index is -0.495. The third-order valence-electron chi connectivity index (χ3n) is 3.78. The van der Waals surface area contributed by atoms with Gasteiger partial charge in [0.25, 0.3) is 0 Å². The van der Waals surface area contributed by atoms with Crippen LogP contribution in [0.25, 0.3) is 0 Å². The van der Waals surface area contributed by atoms with Gasteiger partial charge in [-0.3, -0.25) is 0 Å². The van der Waals surface area contributed by atoms with E-state index < -0.39 is 7.92 Å². The van der Waals surface area contributed by atoms with Gasteiger partial charge in [-0.2, -0.15) is 0 Å². The Labute approximate surface area is 146 Å². The molecule has 0 N–H and O–H groups in total. The number of aryl methyl sites for hydroxylation is 3. The van der Waals surface area contributed by atoms with E-state index >= 15 is 0 Å². The molecule has 0 unspecified atom stereocenters. The molecule has 0 bridgehead atoms. The quantitative estimate of drug-likeness (QED) is 0.601. The SMILES string of the molecule is Cc1cccc(P(c2cccc(C)c2)c2cccc(C)c2)c1.Cl. The average Bonchev–Trinajstić information content (AvgIpc) is 2.48. The predicted octanol–water partition coefficient (Wildman–Crippen LogP) is 4.79. The summed E-state index contributed by atoms with van der Waals surface area (Å²) < 4.78 is 0. The van der Waals surface area contributed by atoms with Crippen LogP contribution in [0.5, 0.6) is 0 Å². The van der Waals surface area contributed by atoms with Crippen LogP contribution in [0.4, 0.5) is 0 Å². The summed E-state index contributed by atoms with van der Waals surface area (Å²) in [6, 6.07) is 26.8. The summed E-state index contributed by atoms with van der Waals surface area (Å²) in [6.07, 6.45) is 0. The average molecular weight is 341 g/mol. The lowest BCUT2D eigenvalue weighted by atomic mass is 10.2. The third kappa shape index (κ3) is 4.22. The first kappa shape index (κ1) is 17.7. The first-order valence-corrected chi connectivity index (χ1v) is 8.98. The Morgan fingerprint density at radius 3 is 1.09 bits per heavy atom. The first-order chi connectivity index (χ1) is 10.6. The highest BCUT2D eigenvalue weighted by atomic mass is 35.5. The molecule has 3 rings (SSSR count). The van der Waals surface area contributed by atoms with Crippen molar-refractivity contribution in [3.63, 3.8) is 0 Å². The lowest BCUT2D eigenvalue weighted by molar-refractivity contribution is 1.48. The van der Waals surface area contributed by atoms with E-state index in [0.29, 0.717) is 0 Å². The molecule has 118 valence electrons. The fourth-order valence-electron chi connectivity index (χ4n) is 2.75. The highest BCUT2D eigenvalue weighted by Gasteiger charge is 2.16. The van der Waals surface area contributed by atoms with Crippen LogP contribution in [0.1, 0.15) is 16.7 Å². The molecule has 3 aromatic carbocycles. The van der Waals surface area contributed by atoms with Gasteiger partial charge in [0.1, 0.15) is 0 Å². The van der Waals surface area contributed by atoms with Gasteiger partial charge in [-0.05, 0) is 44.6 Å². The standard InChI is InChI=1S/C21H21P.ClH/c1-16-7-4-10-19(13-16)22(20-11-5-8-17(2)14-20)21-12-6-9-18(3)15-21;/h4-15H,1-3H3;1H. The summed E-state index contributed by atoms with van der Waals surface area (Å²) in [5.41, 5.74) is 3.97. The van der Waals surface area contributed by atoms with E-state index in [1.54, 1.807) is 0 Å². The van der Waals surface area contributed by atoms with Crippen LogP contribution in [-0.4, -0.2) is 0 Å². The van der Waals surface area contributed by atoms with E-state index in [0.717, 1.165) is 0 Å². The van der Waals surface area contributed by atoms with Crippen molar-refractivity contribution < 1.29 is 0 Å². The van der Waals surface area contributed by atoms with Crippen molar-refractivity contribution in [1.29, 1.82) is 0 Å². The maximum absolute atomic E-state index is 2.33. The molecule has 0 fully saturated rings. The topological polar surface area (TPSA) is 0 Å². The van der Waals surface area contributed by atoms with Gasteiger partial charge in [-0.15, -0.1) is 12.4 Å². The van der Waals surface area contributed by atoms with Crippen molar-refractivity contribution >= 4 is 36.2 Å². The molecule has 23 heavy (non-hydrogen) atoms. The Morgan fingerprint density at radius 2 is 0.826 bits per heavy atom. The van der Waals surface area contributed by atoms with Gasteiger partial charge >= 0.3 is 0 Å². The Hall–Kier alpha value is -1.62. The molecule has 0 saturated carbocycles. The molecule has 0 aromatic heterocycles. The number of halogens is 1. The first-order valence-electron chi connectivity index (χ1n) is 7.63. The highest BCUT2D eigenvalue weighted by molar-refractivity contribution is 7.79. The van der Waals surface area contributed by atoms with Gasteiger partial charge in [0.05, 0.1) is 0 Å². The maximum atomic E-state index is 2.33. The van der Waals surface area contributed by atoms with Gasteiger partial charge in [-0.25, -0.2) is 0 Å². The molecule has 0 radical (unpaired) electrons. The fraction of sp³-hybridized carbons (Fsp3) is 0.143. The molecule has 0 aliphatic heterocycles. The summed E-state index contributed by atoms with van der Waals surface area (Å²) in [7, 11) is -0.495. The maximum Gasteiger partial charge on any atom is -0.0134 e. The zero-order chi connectivity index (χ0) is 15.5. The van der Waals surface area contributed by atoms with E-state index in [2.05, 4.69) is 93.6 Å². The molecule has 0 aliphatic carbocycles. The minimum absolute atomic E-state index is 0. The Bertz CT molecular complexity index is 687. The predicted molar refractivity (Wildman–Crippen MR) is 107 cm³/mol. The molecule has 0 spiro atoms. The molecule has 0 saturated heterocycles. The molecule has 0 aliphatic rings. The smallest absolute Gasteiger partial charge is 0.0134 e. The van der Waals surface area contributed by atoms with Crippen molar-refractivity contribution in [3.05, 3.63) is 89.5 Å². The molecule has 2 heteroatoms. The monoisotopic (exact) mass is 340 g/mol. The zero-order valence-electron chi connectivity index (χ0n) is 13.8. The Morgan fingerprint density at radius 1 is 0.522 bits per heavy atom. The van der Waals surface area contributed by atoms with Crippen LogP contribution in [0.3, 0.4) is 0 Å². The number of benzene rings is 3. The number of hydrogen-bond donors (Lipinski definition) is 0. The van der Waals surface area contributed by atoms with Gasteiger partial charge in [0, 0.05) is 0 Å². The minimum Gasteiger partial charge on any atom is -0.147 e. The van der Waals surface area contributed by atoms with Gasteiger partial charge < -0.3 is 0 Å². The fourth-order valence-corrected chi connectivity index (χ4v) is 5.35.